The van der Waals surface area contributed by atoms with Gasteiger partial charge in [0.05, 0.1) is 24.7 Å². The van der Waals surface area contributed by atoms with E-state index in [1.165, 1.54) is 0 Å². The minimum Gasteiger partial charge on any atom is -0.379 e. The lowest BCUT2D eigenvalue weighted by molar-refractivity contribution is 0.0384. The van der Waals surface area contributed by atoms with Crippen LogP contribution in [0.1, 0.15) is 20.3 Å². The smallest absolute Gasteiger partial charge is 0.0684 e. The molecule has 0 radical (unpaired) electrons. The van der Waals surface area contributed by atoms with Gasteiger partial charge in [0.1, 0.15) is 0 Å². The van der Waals surface area contributed by atoms with Crippen LogP contribution < -0.4 is 5.32 Å². The first-order chi connectivity index (χ1) is 7.64. The molecular formula is C12H23N3O. The topological polar surface area (TPSA) is 48.3 Å². The Hall–Kier alpha value is -0.630. The Morgan fingerprint density at radius 1 is 1.31 bits per heavy atom. The molecule has 0 aliphatic carbocycles. The van der Waals surface area contributed by atoms with Gasteiger partial charge in [0.2, 0.25) is 0 Å². The first-order valence-corrected chi connectivity index (χ1v) is 6.06. The summed E-state index contributed by atoms with van der Waals surface area (Å²) >= 11 is 0. The third kappa shape index (κ3) is 5.45. The minimum absolute atomic E-state index is 0.202. The summed E-state index contributed by atoms with van der Waals surface area (Å²) in [5, 5.41) is 12.2. The molecule has 0 aromatic rings. The number of rotatable bonds is 6. The van der Waals surface area contributed by atoms with E-state index in [1.54, 1.807) is 0 Å². The molecule has 0 bridgehead atoms. The quantitative estimate of drug-likeness (QED) is 0.681. The maximum absolute atomic E-state index is 8.85. The number of nitriles is 1. The summed E-state index contributed by atoms with van der Waals surface area (Å²) in [6.45, 7) is 10.8. The molecule has 0 saturated carbocycles. The van der Waals surface area contributed by atoms with E-state index in [1.807, 2.05) is 13.8 Å². The Labute approximate surface area is 98.6 Å². The fourth-order valence-electron chi connectivity index (χ4n) is 1.64. The molecule has 1 N–H and O–H groups in total. The lowest BCUT2D eigenvalue weighted by atomic mass is 9.91. The molecule has 0 unspecified atom stereocenters. The molecule has 0 aromatic carbocycles. The molecule has 92 valence electrons. The Kier molecular flexibility index (Phi) is 5.75. The Bertz CT molecular complexity index is 229. The molecule has 16 heavy (non-hydrogen) atoms. The van der Waals surface area contributed by atoms with E-state index in [2.05, 4.69) is 16.3 Å². The summed E-state index contributed by atoms with van der Waals surface area (Å²) in [6, 6.07) is 2.31. The molecule has 1 aliphatic rings. The lowest BCUT2D eigenvalue weighted by Gasteiger charge is -2.26. The molecule has 1 saturated heterocycles. The zero-order chi connectivity index (χ0) is 11.9. The average Bonchev–Trinajstić information content (AvgIpc) is 2.30. The molecule has 1 aliphatic heterocycles. The van der Waals surface area contributed by atoms with Gasteiger partial charge in [-0.15, -0.1) is 0 Å². The molecule has 0 atom stereocenters. The number of nitrogens with zero attached hydrogens (tertiary/aromatic N) is 2. The van der Waals surface area contributed by atoms with Gasteiger partial charge in [0, 0.05) is 26.2 Å². The van der Waals surface area contributed by atoms with Crippen LogP contribution in [-0.4, -0.2) is 50.8 Å². The predicted molar refractivity (Wildman–Crippen MR) is 64.1 cm³/mol. The molecule has 4 heteroatoms. The fourth-order valence-corrected chi connectivity index (χ4v) is 1.64. The standard InChI is InChI=1S/C12H23N3O/c1-12(2,11-13)3-4-14-5-6-15-7-9-16-10-8-15/h14H,3-10H2,1-2H3. The number of hydrogen-bond donors (Lipinski definition) is 1. The van der Waals surface area contributed by atoms with Gasteiger partial charge < -0.3 is 10.1 Å². The van der Waals surface area contributed by atoms with Crippen LogP contribution in [0.2, 0.25) is 0 Å². The summed E-state index contributed by atoms with van der Waals surface area (Å²) in [6.07, 6.45) is 0.909. The molecule has 1 heterocycles. The summed E-state index contributed by atoms with van der Waals surface area (Å²) in [4.78, 5) is 2.41. The van der Waals surface area contributed by atoms with Crippen molar-refractivity contribution in [3.63, 3.8) is 0 Å². The van der Waals surface area contributed by atoms with Gasteiger partial charge in [0.15, 0.2) is 0 Å². The van der Waals surface area contributed by atoms with Crippen molar-refractivity contribution < 1.29 is 4.74 Å². The predicted octanol–water partition coefficient (Wildman–Crippen LogP) is 0.848. The van der Waals surface area contributed by atoms with E-state index in [9.17, 15) is 0 Å². The van der Waals surface area contributed by atoms with E-state index in [4.69, 9.17) is 10.00 Å². The van der Waals surface area contributed by atoms with Gasteiger partial charge in [-0.1, -0.05) is 0 Å². The fraction of sp³-hybridized carbons (Fsp3) is 0.917. The highest BCUT2D eigenvalue weighted by molar-refractivity contribution is 4.91. The summed E-state index contributed by atoms with van der Waals surface area (Å²) in [5.41, 5.74) is -0.202. The molecule has 0 amide bonds. The lowest BCUT2D eigenvalue weighted by Crippen LogP contribution is -2.40. The molecule has 0 aromatic heterocycles. The van der Waals surface area contributed by atoms with E-state index in [-0.39, 0.29) is 5.41 Å². The highest BCUT2D eigenvalue weighted by Gasteiger charge is 2.15. The van der Waals surface area contributed by atoms with Gasteiger partial charge in [-0.25, -0.2) is 0 Å². The van der Waals surface area contributed by atoms with Gasteiger partial charge in [-0.2, -0.15) is 5.26 Å². The van der Waals surface area contributed by atoms with E-state index < -0.39 is 0 Å². The van der Waals surface area contributed by atoms with Crippen LogP contribution in [0, 0.1) is 16.7 Å². The highest BCUT2D eigenvalue weighted by Crippen LogP contribution is 2.16. The van der Waals surface area contributed by atoms with Crippen molar-refractivity contribution >= 4 is 0 Å². The van der Waals surface area contributed by atoms with Crippen LogP contribution in [0.4, 0.5) is 0 Å². The minimum atomic E-state index is -0.202. The normalized spacial score (nSPS) is 18.3. The third-order valence-electron chi connectivity index (χ3n) is 2.94. The molecular weight excluding hydrogens is 202 g/mol. The van der Waals surface area contributed by atoms with Gasteiger partial charge in [-0.05, 0) is 26.8 Å². The number of nitrogens with one attached hydrogen (secondary N) is 1. The van der Waals surface area contributed by atoms with Crippen molar-refractivity contribution in [2.24, 2.45) is 5.41 Å². The number of ether oxygens (including phenoxy) is 1. The van der Waals surface area contributed by atoms with Crippen LogP contribution in [0.25, 0.3) is 0 Å². The maximum atomic E-state index is 8.85. The first kappa shape index (κ1) is 13.4. The summed E-state index contributed by atoms with van der Waals surface area (Å²) < 4.78 is 5.29. The largest absolute Gasteiger partial charge is 0.379 e. The monoisotopic (exact) mass is 225 g/mol. The van der Waals surface area contributed by atoms with Crippen molar-refractivity contribution in [2.75, 3.05) is 45.9 Å². The number of morpholine rings is 1. The highest BCUT2D eigenvalue weighted by atomic mass is 16.5. The molecule has 1 rings (SSSR count). The third-order valence-corrected chi connectivity index (χ3v) is 2.94. The summed E-state index contributed by atoms with van der Waals surface area (Å²) in [5.74, 6) is 0. The van der Waals surface area contributed by atoms with E-state index in [0.29, 0.717) is 0 Å². The van der Waals surface area contributed by atoms with Gasteiger partial charge in [0.25, 0.3) is 0 Å². The first-order valence-electron chi connectivity index (χ1n) is 6.06. The number of hydrogen-bond acceptors (Lipinski definition) is 4. The Balaban J connectivity index is 1.97. The van der Waals surface area contributed by atoms with Crippen LogP contribution in [0.5, 0.6) is 0 Å². The second-order valence-corrected chi connectivity index (χ2v) is 4.95. The van der Waals surface area contributed by atoms with Crippen molar-refractivity contribution in [3.8, 4) is 6.07 Å². The molecule has 0 spiro atoms. The van der Waals surface area contributed by atoms with Gasteiger partial charge in [-0.3, -0.25) is 4.90 Å². The van der Waals surface area contributed by atoms with Crippen LogP contribution in [0.3, 0.4) is 0 Å². The van der Waals surface area contributed by atoms with Crippen molar-refractivity contribution in [1.82, 2.24) is 10.2 Å². The van der Waals surface area contributed by atoms with Crippen LogP contribution >= 0.6 is 0 Å². The van der Waals surface area contributed by atoms with Crippen LogP contribution in [0.15, 0.2) is 0 Å². The van der Waals surface area contributed by atoms with Crippen molar-refractivity contribution in [3.05, 3.63) is 0 Å². The zero-order valence-electron chi connectivity index (χ0n) is 10.5. The Morgan fingerprint density at radius 2 is 2.00 bits per heavy atom. The second-order valence-electron chi connectivity index (χ2n) is 4.95. The molecule has 1 fully saturated rings. The van der Waals surface area contributed by atoms with Crippen molar-refractivity contribution in [1.29, 1.82) is 5.26 Å². The van der Waals surface area contributed by atoms with Crippen LogP contribution in [-0.2, 0) is 4.74 Å². The maximum Gasteiger partial charge on any atom is 0.0684 e. The average molecular weight is 225 g/mol. The van der Waals surface area contributed by atoms with Crippen molar-refractivity contribution in [2.45, 2.75) is 20.3 Å². The SMILES string of the molecule is CC(C)(C#N)CCNCCN1CCOCC1. The summed E-state index contributed by atoms with van der Waals surface area (Å²) in [7, 11) is 0. The van der Waals surface area contributed by atoms with E-state index >= 15 is 0 Å². The Morgan fingerprint density at radius 3 is 2.62 bits per heavy atom. The van der Waals surface area contributed by atoms with E-state index in [0.717, 1.165) is 52.4 Å². The molecule has 4 nitrogen and oxygen atoms in total. The zero-order valence-corrected chi connectivity index (χ0v) is 10.5. The second kappa shape index (κ2) is 6.85. The van der Waals surface area contributed by atoms with Gasteiger partial charge >= 0.3 is 0 Å².